The maximum absolute atomic E-state index is 11.7. The van der Waals surface area contributed by atoms with E-state index in [2.05, 4.69) is 4.98 Å². The number of hydrogen-bond acceptors (Lipinski definition) is 4. The van der Waals surface area contributed by atoms with Gasteiger partial charge in [0.15, 0.2) is 5.43 Å². The van der Waals surface area contributed by atoms with Crippen LogP contribution in [0.3, 0.4) is 0 Å². The van der Waals surface area contributed by atoms with Crippen LogP contribution in [0.1, 0.15) is 5.69 Å². The van der Waals surface area contributed by atoms with Crippen molar-refractivity contribution in [2.45, 2.75) is 6.92 Å². The van der Waals surface area contributed by atoms with Gasteiger partial charge < -0.3 is 19.8 Å². The van der Waals surface area contributed by atoms with Crippen LogP contribution in [0.2, 0.25) is 0 Å². The first-order chi connectivity index (χ1) is 8.02. The van der Waals surface area contributed by atoms with Crippen molar-refractivity contribution in [3.8, 4) is 5.75 Å². The lowest BCUT2D eigenvalue weighted by atomic mass is 9.79. The number of rotatable bonds is 2. The minimum Gasteiger partial charge on any atom is -0.497 e. The van der Waals surface area contributed by atoms with Gasteiger partial charge in [-0.2, -0.15) is 0 Å². The number of aromatic amines is 1. The van der Waals surface area contributed by atoms with Crippen molar-refractivity contribution in [1.29, 1.82) is 0 Å². The molecule has 0 bridgehead atoms. The molecule has 0 atom stereocenters. The molecule has 88 valence electrons. The normalized spacial score (nSPS) is 10.6. The van der Waals surface area contributed by atoms with Gasteiger partial charge in [-0.3, -0.25) is 4.79 Å². The number of hydrogen-bond donors (Lipinski definition) is 3. The van der Waals surface area contributed by atoms with Crippen LogP contribution < -0.4 is 15.6 Å². The number of pyridine rings is 1. The van der Waals surface area contributed by atoms with Gasteiger partial charge in [-0.25, -0.2) is 0 Å². The molecule has 5 nitrogen and oxygen atoms in total. The van der Waals surface area contributed by atoms with Crippen LogP contribution in [0.15, 0.2) is 23.0 Å². The van der Waals surface area contributed by atoms with Crippen LogP contribution >= 0.6 is 0 Å². The van der Waals surface area contributed by atoms with Gasteiger partial charge in [0, 0.05) is 28.7 Å². The van der Waals surface area contributed by atoms with Crippen molar-refractivity contribution < 1.29 is 14.8 Å². The molecule has 0 aliphatic carbocycles. The molecule has 0 fully saturated rings. The van der Waals surface area contributed by atoms with Crippen molar-refractivity contribution in [2.75, 3.05) is 7.11 Å². The predicted octanol–water partition coefficient (Wildman–Crippen LogP) is -0.475. The molecule has 0 radical (unpaired) electrons. The van der Waals surface area contributed by atoms with Gasteiger partial charge in [-0.1, -0.05) is 0 Å². The Kier molecular flexibility index (Phi) is 2.91. The number of benzene rings is 1. The highest BCUT2D eigenvalue weighted by molar-refractivity contribution is 6.60. The Morgan fingerprint density at radius 3 is 2.59 bits per heavy atom. The molecule has 2 rings (SSSR count). The zero-order chi connectivity index (χ0) is 12.6. The van der Waals surface area contributed by atoms with Crippen molar-refractivity contribution in [3.05, 3.63) is 34.1 Å². The number of nitrogens with one attached hydrogen (secondary N) is 1. The molecule has 0 saturated heterocycles. The van der Waals surface area contributed by atoms with E-state index in [1.54, 1.807) is 13.0 Å². The molecule has 1 heterocycles. The Labute approximate surface area is 97.8 Å². The lowest BCUT2D eigenvalue weighted by molar-refractivity contribution is 0.403. The SMILES string of the molecule is COc1cc2[nH]c(C)cc(=O)c2cc1B(O)O. The van der Waals surface area contributed by atoms with Crippen LogP contribution in [-0.2, 0) is 0 Å². The first-order valence-corrected chi connectivity index (χ1v) is 5.10. The molecule has 0 unspecified atom stereocenters. The average molecular weight is 233 g/mol. The summed E-state index contributed by atoms with van der Waals surface area (Å²) in [6.45, 7) is 1.78. The van der Waals surface area contributed by atoms with Gasteiger partial charge in [0.05, 0.1) is 12.6 Å². The molecule has 0 aliphatic rings. The van der Waals surface area contributed by atoms with E-state index < -0.39 is 7.12 Å². The van der Waals surface area contributed by atoms with Crippen LogP contribution in [0.25, 0.3) is 10.9 Å². The Morgan fingerprint density at radius 1 is 1.29 bits per heavy atom. The molecule has 0 aliphatic heterocycles. The quantitative estimate of drug-likeness (QED) is 0.612. The van der Waals surface area contributed by atoms with Crippen LogP contribution in [0, 0.1) is 6.92 Å². The highest BCUT2D eigenvalue weighted by atomic mass is 16.5. The molecule has 0 spiro atoms. The van der Waals surface area contributed by atoms with Gasteiger partial charge in [0.25, 0.3) is 0 Å². The number of fused-ring (bicyclic) bond motifs is 1. The monoisotopic (exact) mass is 233 g/mol. The fraction of sp³-hybridized carbons (Fsp3) is 0.182. The van der Waals surface area contributed by atoms with E-state index in [9.17, 15) is 14.8 Å². The molecule has 6 heteroatoms. The predicted molar refractivity (Wildman–Crippen MR) is 65.7 cm³/mol. The third kappa shape index (κ3) is 2.04. The second kappa shape index (κ2) is 4.23. The molecular formula is C11H12BNO4. The van der Waals surface area contributed by atoms with Crippen molar-refractivity contribution in [2.24, 2.45) is 0 Å². The smallest absolute Gasteiger partial charge is 0.492 e. The first kappa shape index (κ1) is 11.7. The minimum atomic E-state index is -1.67. The lowest BCUT2D eigenvalue weighted by Crippen LogP contribution is -2.31. The lowest BCUT2D eigenvalue weighted by Gasteiger charge is -2.09. The molecule has 17 heavy (non-hydrogen) atoms. The second-order valence-electron chi connectivity index (χ2n) is 3.83. The zero-order valence-electron chi connectivity index (χ0n) is 9.52. The minimum absolute atomic E-state index is 0.166. The third-order valence-corrected chi connectivity index (χ3v) is 2.59. The van der Waals surface area contributed by atoms with E-state index in [1.165, 1.54) is 19.2 Å². The van der Waals surface area contributed by atoms with Gasteiger partial charge in [0.1, 0.15) is 5.75 Å². The molecule has 3 N–H and O–H groups in total. The summed E-state index contributed by atoms with van der Waals surface area (Å²) in [6, 6.07) is 4.47. The fourth-order valence-corrected chi connectivity index (χ4v) is 1.81. The Balaban J connectivity index is 2.83. The summed E-state index contributed by atoms with van der Waals surface area (Å²) in [5.41, 5.74) is 1.35. The fourth-order valence-electron chi connectivity index (χ4n) is 1.81. The standard InChI is InChI=1S/C11H12BNO4/c1-6-3-10(14)7-4-8(12(15)16)11(17-2)5-9(7)13-6/h3-5,15-16H,1-2H3,(H,13,14). The van der Waals surface area contributed by atoms with Crippen molar-refractivity contribution in [3.63, 3.8) is 0 Å². The Morgan fingerprint density at radius 2 is 2.00 bits per heavy atom. The van der Waals surface area contributed by atoms with Crippen molar-refractivity contribution in [1.82, 2.24) is 4.98 Å². The Hall–Kier alpha value is -1.79. The summed E-state index contributed by atoms with van der Waals surface area (Å²) < 4.78 is 5.05. The van der Waals surface area contributed by atoms with Gasteiger partial charge >= 0.3 is 7.12 Å². The Bertz CT molecular complexity index is 621. The van der Waals surface area contributed by atoms with Crippen LogP contribution in [0.5, 0.6) is 5.75 Å². The van der Waals surface area contributed by atoms with Gasteiger partial charge in [-0.05, 0) is 13.0 Å². The number of ether oxygens (including phenoxy) is 1. The summed E-state index contributed by atoms with van der Waals surface area (Å²) in [4.78, 5) is 14.8. The van der Waals surface area contributed by atoms with E-state index in [1.807, 2.05) is 0 Å². The summed E-state index contributed by atoms with van der Waals surface area (Å²) in [7, 11) is -0.240. The maximum atomic E-state index is 11.7. The summed E-state index contributed by atoms with van der Waals surface area (Å²) in [5.74, 6) is 0.328. The van der Waals surface area contributed by atoms with Crippen LogP contribution in [-0.4, -0.2) is 29.3 Å². The molecule has 0 saturated carbocycles. The zero-order valence-corrected chi connectivity index (χ0v) is 9.52. The second-order valence-corrected chi connectivity index (χ2v) is 3.83. The van der Waals surface area contributed by atoms with E-state index >= 15 is 0 Å². The van der Waals surface area contributed by atoms with E-state index in [0.717, 1.165) is 5.69 Å². The number of aromatic nitrogens is 1. The number of H-pyrrole nitrogens is 1. The summed E-state index contributed by atoms with van der Waals surface area (Å²) >= 11 is 0. The largest absolute Gasteiger partial charge is 0.497 e. The van der Waals surface area contributed by atoms with E-state index in [0.29, 0.717) is 16.7 Å². The molecule has 2 aromatic rings. The first-order valence-electron chi connectivity index (χ1n) is 5.10. The van der Waals surface area contributed by atoms with Crippen LogP contribution in [0.4, 0.5) is 0 Å². The topological polar surface area (TPSA) is 82.6 Å². The molecule has 1 aromatic carbocycles. The highest BCUT2D eigenvalue weighted by Gasteiger charge is 2.18. The third-order valence-electron chi connectivity index (χ3n) is 2.59. The molecule has 0 amide bonds. The average Bonchev–Trinajstić information content (AvgIpc) is 2.26. The van der Waals surface area contributed by atoms with E-state index in [4.69, 9.17) is 4.74 Å². The summed E-state index contributed by atoms with van der Waals surface area (Å²) in [6.07, 6.45) is 0. The maximum Gasteiger partial charge on any atom is 0.492 e. The number of methoxy groups -OCH3 is 1. The summed E-state index contributed by atoms with van der Waals surface area (Å²) in [5, 5.41) is 18.8. The van der Waals surface area contributed by atoms with Gasteiger partial charge in [-0.15, -0.1) is 0 Å². The molecular weight excluding hydrogens is 221 g/mol. The van der Waals surface area contributed by atoms with Crippen molar-refractivity contribution >= 4 is 23.5 Å². The number of aryl methyl sites for hydroxylation is 1. The van der Waals surface area contributed by atoms with E-state index in [-0.39, 0.29) is 10.9 Å². The molecule has 1 aromatic heterocycles. The highest BCUT2D eigenvalue weighted by Crippen LogP contribution is 2.15. The van der Waals surface area contributed by atoms with Gasteiger partial charge in [0.2, 0.25) is 0 Å².